The molecule has 0 radical (unpaired) electrons. The van der Waals surface area contributed by atoms with E-state index in [2.05, 4.69) is 20.9 Å². The van der Waals surface area contributed by atoms with E-state index < -0.39 is 11.6 Å². The van der Waals surface area contributed by atoms with Crippen LogP contribution in [0.2, 0.25) is 5.02 Å². The molecule has 0 saturated heterocycles. The highest BCUT2D eigenvalue weighted by Crippen LogP contribution is 2.36. The van der Waals surface area contributed by atoms with Crippen LogP contribution in [0.4, 0.5) is 4.39 Å². The molecular formula is C14H8BrClFNO2. The molecule has 0 bridgehead atoms. The van der Waals surface area contributed by atoms with Crippen LogP contribution in [0.25, 0.3) is 11.1 Å². The van der Waals surface area contributed by atoms with Gasteiger partial charge in [-0.05, 0) is 29.3 Å². The molecule has 0 spiro atoms. The van der Waals surface area contributed by atoms with Gasteiger partial charge >= 0.3 is 5.76 Å². The van der Waals surface area contributed by atoms with E-state index in [-0.39, 0.29) is 9.85 Å². The lowest BCUT2D eigenvalue weighted by Gasteiger charge is -2.12. The highest BCUT2D eigenvalue weighted by molar-refractivity contribution is 9.09. The van der Waals surface area contributed by atoms with Gasteiger partial charge in [-0.3, -0.25) is 4.98 Å². The maximum atomic E-state index is 13.5. The van der Waals surface area contributed by atoms with Gasteiger partial charge in [0, 0.05) is 0 Å². The lowest BCUT2D eigenvalue weighted by atomic mass is 10.0. The molecule has 0 fully saturated rings. The van der Waals surface area contributed by atoms with Crippen LogP contribution in [0.5, 0.6) is 0 Å². The summed E-state index contributed by atoms with van der Waals surface area (Å²) in [6.07, 6.45) is 0. The largest absolute Gasteiger partial charge is 0.417 e. The number of benzene rings is 2. The number of fused-ring (bicyclic) bond motifs is 1. The van der Waals surface area contributed by atoms with Crippen molar-refractivity contribution in [3.63, 3.8) is 0 Å². The van der Waals surface area contributed by atoms with E-state index in [9.17, 15) is 9.18 Å². The van der Waals surface area contributed by atoms with Crippen molar-refractivity contribution in [1.29, 1.82) is 0 Å². The van der Waals surface area contributed by atoms with Gasteiger partial charge in [0.05, 0.1) is 15.4 Å². The smallest absolute Gasteiger partial charge is 0.408 e. The van der Waals surface area contributed by atoms with Crippen molar-refractivity contribution >= 4 is 38.6 Å². The van der Waals surface area contributed by atoms with E-state index in [1.54, 1.807) is 24.3 Å². The number of alkyl halides is 1. The summed E-state index contributed by atoms with van der Waals surface area (Å²) in [5.74, 6) is -0.977. The summed E-state index contributed by atoms with van der Waals surface area (Å²) in [5.41, 5.74) is 2.49. The summed E-state index contributed by atoms with van der Waals surface area (Å²) in [6, 6.07) is 9.90. The second-order valence-corrected chi connectivity index (χ2v) is 5.57. The summed E-state index contributed by atoms with van der Waals surface area (Å²) >= 11 is 9.47. The summed E-state index contributed by atoms with van der Waals surface area (Å²) in [7, 11) is 0. The molecule has 3 rings (SSSR count). The van der Waals surface area contributed by atoms with Crippen LogP contribution in [0.15, 0.2) is 45.6 Å². The Kier molecular flexibility index (Phi) is 3.40. The molecule has 1 heterocycles. The first-order valence-corrected chi connectivity index (χ1v) is 7.06. The number of hydrogen-bond donors (Lipinski definition) is 1. The molecule has 0 aliphatic carbocycles. The van der Waals surface area contributed by atoms with Crippen LogP contribution in [0, 0.1) is 5.82 Å². The van der Waals surface area contributed by atoms with Gasteiger partial charge in [-0.1, -0.05) is 45.7 Å². The van der Waals surface area contributed by atoms with Crippen LogP contribution >= 0.6 is 27.5 Å². The molecule has 0 saturated carbocycles. The van der Waals surface area contributed by atoms with E-state index in [1.807, 2.05) is 6.07 Å². The van der Waals surface area contributed by atoms with Gasteiger partial charge in [0.1, 0.15) is 5.82 Å². The highest BCUT2D eigenvalue weighted by atomic mass is 79.9. The van der Waals surface area contributed by atoms with E-state index in [0.717, 1.165) is 5.56 Å². The number of halogens is 3. The van der Waals surface area contributed by atoms with E-state index in [1.165, 1.54) is 6.07 Å². The Labute approximate surface area is 126 Å². The van der Waals surface area contributed by atoms with Crippen molar-refractivity contribution < 1.29 is 8.81 Å². The van der Waals surface area contributed by atoms with Gasteiger partial charge < -0.3 is 4.42 Å². The van der Waals surface area contributed by atoms with Crippen molar-refractivity contribution in [3.8, 4) is 0 Å². The lowest BCUT2D eigenvalue weighted by Crippen LogP contribution is -1.95. The first-order chi connectivity index (χ1) is 9.56. The number of H-pyrrole nitrogens is 1. The maximum Gasteiger partial charge on any atom is 0.417 e. The predicted octanol–water partition coefficient (Wildman–Crippen LogP) is 4.40. The number of rotatable bonds is 2. The summed E-state index contributed by atoms with van der Waals surface area (Å²) in [5, 5.41) is 0.0741. The highest BCUT2D eigenvalue weighted by Gasteiger charge is 2.17. The fourth-order valence-electron chi connectivity index (χ4n) is 2.02. The Morgan fingerprint density at radius 1 is 1.30 bits per heavy atom. The zero-order valence-corrected chi connectivity index (χ0v) is 12.3. The Bertz CT molecular complexity index is 843. The van der Waals surface area contributed by atoms with Crippen molar-refractivity contribution in [2.75, 3.05) is 0 Å². The van der Waals surface area contributed by atoms with Gasteiger partial charge in [-0.2, -0.15) is 0 Å². The summed E-state index contributed by atoms with van der Waals surface area (Å²) in [6.45, 7) is 0. The monoisotopic (exact) mass is 355 g/mol. The third kappa shape index (κ3) is 2.27. The molecule has 1 aromatic heterocycles. The Balaban J connectivity index is 2.09. The number of aromatic nitrogens is 1. The number of nitrogens with one attached hydrogen (secondary N) is 1. The third-order valence-corrected chi connectivity index (χ3v) is 4.41. The molecule has 2 aromatic carbocycles. The average Bonchev–Trinajstić information content (AvgIpc) is 2.80. The van der Waals surface area contributed by atoms with Crippen molar-refractivity contribution in [2.24, 2.45) is 0 Å². The zero-order valence-electron chi connectivity index (χ0n) is 9.99. The standard InChI is InChI=1S/C14H8BrClFNO2/c15-12(8-2-1-3-9(17)13(8)16)7-4-5-10-11(6-7)20-14(19)18-10/h1-6,12H,(H,18,19). The second-order valence-electron chi connectivity index (χ2n) is 4.28. The van der Waals surface area contributed by atoms with E-state index in [0.29, 0.717) is 16.7 Å². The van der Waals surface area contributed by atoms with Gasteiger partial charge in [0.15, 0.2) is 5.58 Å². The molecular weight excluding hydrogens is 349 g/mol. The third-order valence-electron chi connectivity index (χ3n) is 2.99. The van der Waals surface area contributed by atoms with Crippen LogP contribution in [0.3, 0.4) is 0 Å². The molecule has 3 nitrogen and oxygen atoms in total. The summed E-state index contributed by atoms with van der Waals surface area (Å²) < 4.78 is 18.5. The Morgan fingerprint density at radius 3 is 2.90 bits per heavy atom. The van der Waals surface area contributed by atoms with Crippen LogP contribution in [-0.2, 0) is 0 Å². The summed E-state index contributed by atoms with van der Waals surface area (Å²) in [4.78, 5) is 13.4. The van der Waals surface area contributed by atoms with Gasteiger partial charge in [0.25, 0.3) is 0 Å². The minimum absolute atomic E-state index is 0.0741. The fraction of sp³-hybridized carbons (Fsp3) is 0.0714. The minimum atomic E-state index is -0.507. The Hall–Kier alpha value is -1.59. The Morgan fingerprint density at radius 2 is 2.10 bits per heavy atom. The molecule has 102 valence electrons. The molecule has 0 aliphatic rings. The maximum absolute atomic E-state index is 13.5. The van der Waals surface area contributed by atoms with Gasteiger partial charge in [0.2, 0.25) is 0 Å². The number of aromatic amines is 1. The first kappa shape index (κ1) is 13.4. The molecule has 0 aliphatic heterocycles. The lowest BCUT2D eigenvalue weighted by molar-refractivity contribution is 0.555. The van der Waals surface area contributed by atoms with E-state index in [4.69, 9.17) is 16.0 Å². The molecule has 1 N–H and O–H groups in total. The SMILES string of the molecule is O=c1[nH]c2ccc(C(Br)c3cccc(F)c3Cl)cc2o1. The van der Waals surface area contributed by atoms with Crippen molar-refractivity contribution in [2.45, 2.75) is 4.83 Å². The van der Waals surface area contributed by atoms with Crippen molar-refractivity contribution in [3.05, 3.63) is 68.9 Å². The fourth-order valence-corrected chi connectivity index (χ4v) is 3.05. The molecule has 20 heavy (non-hydrogen) atoms. The molecule has 1 atom stereocenters. The van der Waals surface area contributed by atoms with Crippen LogP contribution < -0.4 is 5.76 Å². The quantitative estimate of drug-likeness (QED) is 0.692. The predicted molar refractivity (Wildman–Crippen MR) is 79.0 cm³/mol. The number of hydrogen-bond acceptors (Lipinski definition) is 2. The normalized spacial score (nSPS) is 12.8. The van der Waals surface area contributed by atoms with Gasteiger partial charge in [-0.15, -0.1) is 0 Å². The second kappa shape index (κ2) is 5.07. The zero-order chi connectivity index (χ0) is 14.3. The molecule has 1 unspecified atom stereocenters. The van der Waals surface area contributed by atoms with E-state index >= 15 is 0 Å². The minimum Gasteiger partial charge on any atom is -0.408 e. The molecule has 0 amide bonds. The van der Waals surface area contributed by atoms with Gasteiger partial charge in [-0.25, -0.2) is 9.18 Å². The van der Waals surface area contributed by atoms with Crippen molar-refractivity contribution in [1.82, 2.24) is 4.98 Å². The number of oxazole rings is 1. The molecule has 3 aromatic rings. The first-order valence-electron chi connectivity index (χ1n) is 5.77. The molecule has 6 heteroatoms. The van der Waals surface area contributed by atoms with Crippen LogP contribution in [-0.4, -0.2) is 4.98 Å². The average molecular weight is 357 g/mol. The topological polar surface area (TPSA) is 46.0 Å². The van der Waals surface area contributed by atoms with Crippen LogP contribution in [0.1, 0.15) is 16.0 Å².